The van der Waals surface area contributed by atoms with E-state index in [0.29, 0.717) is 5.03 Å². The van der Waals surface area contributed by atoms with Gasteiger partial charge in [0.15, 0.2) is 0 Å². The number of carbonyl (C=O) groups is 1. The molecule has 1 amide bonds. The number of amides is 1. The van der Waals surface area contributed by atoms with E-state index in [1.165, 1.54) is 11.8 Å². The highest BCUT2D eigenvalue weighted by Crippen LogP contribution is 2.21. The van der Waals surface area contributed by atoms with Crippen LogP contribution in [-0.4, -0.2) is 31.6 Å². The summed E-state index contributed by atoms with van der Waals surface area (Å²) in [6, 6.07) is 19.6. The van der Waals surface area contributed by atoms with E-state index in [1.54, 1.807) is 10.9 Å². The van der Waals surface area contributed by atoms with Gasteiger partial charge in [0.05, 0.1) is 17.1 Å². The van der Waals surface area contributed by atoms with Crippen molar-refractivity contribution in [3.63, 3.8) is 0 Å². The number of anilines is 1. The van der Waals surface area contributed by atoms with Crippen LogP contribution in [0.4, 0.5) is 5.69 Å². The molecule has 0 atom stereocenters. The minimum absolute atomic E-state index is 0.0647. The third-order valence-electron chi connectivity index (χ3n) is 4.43. The van der Waals surface area contributed by atoms with Crippen molar-refractivity contribution in [2.75, 3.05) is 11.1 Å². The number of rotatable bonds is 6. The Morgan fingerprint density at radius 2 is 1.77 bits per heavy atom. The van der Waals surface area contributed by atoms with Crippen LogP contribution in [0, 0.1) is 13.8 Å². The van der Waals surface area contributed by atoms with Gasteiger partial charge in [-0.15, -0.1) is 10.2 Å². The molecule has 150 valence electrons. The Kier molecular flexibility index (Phi) is 5.90. The molecule has 0 radical (unpaired) electrons. The highest BCUT2D eigenvalue weighted by atomic mass is 32.2. The minimum Gasteiger partial charge on any atom is -0.325 e. The monoisotopic (exact) mass is 415 g/mol. The zero-order chi connectivity index (χ0) is 20.9. The first-order valence-electron chi connectivity index (χ1n) is 9.52. The van der Waals surface area contributed by atoms with Crippen LogP contribution in [0.3, 0.4) is 0 Å². The SMILES string of the molecule is Cc1cc(C)cc(NC(=O)CSc2ccc(-c3ccc(-n4cccn4)cc3)nn2)c1. The first kappa shape index (κ1) is 19.8. The molecular formula is C23H21N5OS. The van der Waals surface area contributed by atoms with Crippen LogP contribution in [0.5, 0.6) is 0 Å². The van der Waals surface area contributed by atoms with E-state index in [2.05, 4.69) is 26.7 Å². The summed E-state index contributed by atoms with van der Waals surface area (Å²) in [4.78, 5) is 12.2. The number of nitrogens with one attached hydrogen (secondary N) is 1. The number of nitrogens with zero attached hydrogens (tertiary/aromatic N) is 4. The van der Waals surface area contributed by atoms with E-state index in [1.807, 2.05) is 74.6 Å². The summed E-state index contributed by atoms with van der Waals surface area (Å²) in [5.74, 6) is 0.213. The van der Waals surface area contributed by atoms with Gasteiger partial charge < -0.3 is 5.32 Å². The van der Waals surface area contributed by atoms with Crippen LogP contribution in [0.25, 0.3) is 16.9 Å². The van der Waals surface area contributed by atoms with Crippen LogP contribution in [0.1, 0.15) is 11.1 Å². The van der Waals surface area contributed by atoms with Crippen molar-refractivity contribution in [3.8, 4) is 16.9 Å². The molecule has 0 saturated heterocycles. The Hall–Kier alpha value is -3.45. The lowest BCUT2D eigenvalue weighted by Crippen LogP contribution is -2.14. The Morgan fingerprint density at radius 1 is 1.00 bits per heavy atom. The van der Waals surface area contributed by atoms with E-state index >= 15 is 0 Å². The molecule has 0 aliphatic carbocycles. The topological polar surface area (TPSA) is 72.7 Å². The summed E-state index contributed by atoms with van der Waals surface area (Å²) in [6.45, 7) is 4.03. The minimum atomic E-state index is -0.0647. The zero-order valence-electron chi connectivity index (χ0n) is 16.7. The summed E-state index contributed by atoms with van der Waals surface area (Å²) in [5, 5.41) is 16.4. The van der Waals surface area contributed by atoms with Gasteiger partial charge in [-0.2, -0.15) is 5.10 Å². The molecule has 2 aromatic carbocycles. The average molecular weight is 416 g/mol. The number of aryl methyl sites for hydroxylation is 2. The Morgan fingerprint density at radius 3 is 2.40 bits per heavy atom. The molecule has 4 rings (SSSR count). The summed E-state index contributed by atoms with van der Waals surface area (Å²) in [5.41, 5.74) is 5.81. The van der Waals surface area contributed by atoms with Crippen molar-refractivity contribution < 1.29 is 4.79 Å². The molecule has 0 spiro atoms. The standard InChI is InChI=1S/C23H21N5OS/c1-16-12-17(2)14-19(13-16)25-22(29)15-30-23-9-8-21(26-27-23)18-4-6-20(7-5-18)28-11-3-10-24-28/h3-14H,15H2,1-2H3,(H,25,29). The number of hydrogen-bond donors (Lipinski definition) is 1. The first-order valence-corrected chi connectivity index (χ1v) is 10.5. The molecule has 1 N–H and O–H groups in total. The molecule has 6 nitrogen and oxygen atoms in total. The molecule has 0 aliphatic heterocycles. The van der Waals surface area contributed by atoms with Gasteiger partial charge in [0.2, 0.25) is 5.91 Å². The lowest BCUT2D eigenvalue weighted by molar-refractivity contribution is -0.113. The highest BCUT2D eigenvalue weighted by Gasteiger charge is 2.07. The van der Waals surface area contributed by atoms with Gasteiger partial charge in [-0.05, 0) is 67.4 Å². The second kappa shape index (κ2) is 8.92. The largest absolute Gasteiger partial charge is 0.325 e. The molecule has 0 fully saturated rings. The lowest BCUT2D eigenvalue weighted by Gasteiger charge is -2.07. The molecule has 0 unspecified atom stereocenters. The molecule has 2 aromatic heterocycles. The molecule has 0 aliphatic rings. The fourth-order valence-electron chi connectivity index (χ4n) is 3.14. The average Bonchev–Trinajstić information content (AvgIpc) is 3.27. The maximum Gasteiger partial charge on any atom is 0.234 e. The van der Waals surface area contributed by atoms with Crippen molar-refractivity contribution in [3.05, 3.63) is 84.2 Å². The lowest BCUT2D eigenvalue weighted by atomic mass is 10.1. The van der Waals surface area contributed by atoms with Crippen LogP contribution >= 0.6 is 11.8 Å². The molecule has 0 saturated carbocycles. The van der Waals surface area contributed by atoms with E-state index in [4.69, 9.17) is 0 Å². The van der Waals surface area contributed by atoms with Gasteiger partial charge in [0.1, 0.15) is 5.03 Å². The summed E-state index contributed by atoms with van der Waals surface area (Å²) < 4.78 is 1.80. The fourth-order valence-corrected chi connectivity index (χ4v) is 3.75. The number of benzene rings is 2. The maximum absolute atomic E-state index is 12.2. The van der Waals surface area contributed by atoms with Crippen molar-refractivity contribution >= 4 is 23.4 Å². The normalized spacial score (nSPS) is 10.7. The Bertz CT molecular complexity index is 1120. The second-order valence-corrected chi connectivity index (χ2v) is 7.96. The van der Waals surface area contributed by atoms with E-state index in [0.717, 1.165) is 33.8 Å². The third kappa shape index (κ3) is 4.93. The third-order valence-corrected chi connectivity index (χ3v) is 5.35. The van der Waals surface area contributed by atoms with Crippen molar-refractivity contribution in [2.24, 2.45) is 0 Å². The Labute approximate surface area is 179 Å². The van der Waals surface area contributed by atoms with Gasteiger partial charge in [-0.1, -0.05) is 30.0 Å². The molecule has 4 aromatic rings. The van der Waals surface area contributed by atoms with Gasteiger partial charge in [0, 0.05) is 23.6 Å². The highest BCUT2D eigenvalue weighted by molar-refractivity contribution is 7.99. The van der Waals surface area contributed by atoms with Gasteiger partial charge in [0.25, 0.3) is 0 Å². The molecule has 30 heavy (non-hydrogen) atoms. The van der Waals surface area contributed by atoms with Crippen molar-refractivity contribution in [1.29, 1.82) is 0 Å². The molecule has 2 heterocycles. The molecule has 0 bridgehead atoms. The van der Waals surface area contributed by atoms with E-state index in [-0.39, 0.29) is 11.7 Å². The summed E-state index contributed by atoms with van der Waals surface area (Å²) >= 11 is 1.36. The van der Waals surface area contributed by atoms with Gasteiger partial charge in [-0.3, -0.25) is 4.79 Å². The van der Waals surface area contributed by atoms with Crippen LogP contribution in [0.2, 0.25) is 0 Å². The quantitative estimate of drug-likeness (QED) is 0.463. The number of hydrogen-bond acceptors (Lipinski definition) is 5. The van der Waals surface area contributed by atoms with Crippen LogP contribution in [0.15, 0.2) is 78.1 Å². The smallest absolute Gasteiger partial charge is 0.234 e. The predicted octanol–water partition coefficient (Wildman–Crippen LogP) is 4.68. The number of thioether (sulfide) groups is 1. The number of aromatic nitrogens is 4. The zero-order valence-corrected chi connectivity index (χ0v) is 17.6. The van der Waals surface area contributed by atoms with Crippen molar-refractivity contribution in [2.45, 2.75) is 18.9 Å². The maximum atomic E-state index is 12.2. The first-order chi connectivity index (χ1) is 14.6. The fraction of sp³-hybridized carbons (Fsp3) is 0.130. The summed E-state index contributed by atoms with van der Waals surface area (Å²) in [6.07, 6.45) is 3.65. The second-order valence-electron chi connectivity index (χ2n) is 6.97. The van der Waals surface area contributed by atoms with Crippen molar-refractivity contribution in [1.82, 2.24) is 20.0 Å². The molecular weight excluding hydrogens is 394 g/mol. The van der Waals surface area contributed by atoms with E-state index in [9.17, 15) is 4.79 Å². The van der Waals surface area contributed by atoms with Crippen LogP contribution in [-0.2, 0) is 4.79 Å². The van der Waals surface area contributed by atoms with E-state index < -0.39 is 0 Å². The Balaban J connectivity index is 1.35. The van der Waals surface area contributed by atoms with Crippen LogP contribution < -0.4 is 5.32 Å². The number of carbonyl (C=O) groups excluding carboxylic acids is 1. The van der Waals surface area contributed by atoms with Gasteiger partial charge in [-0.25, -0.2) is 4.68 Å². The summed E-state index contributed by atoms with van der Waals surface area (Å²) in [7, 11) is 0. The molecule has 7 heteroatoms. The predicted molar refractivity (Wildman–Crippen MR) is 120 cm³/mol. The van der Waals surface area contributed by atoms with Gasteiger partial charge >= 0.3 is 0 Å².